The summed E-state index contributed by atoms with van der Waals surface area (Å²) in [6.07, 6.45) is 1.51. The molecule has 4 aromatic rings. The molecule has 2 aromatic carbocycles. The van der Waals surface area contributed by atoms with Crippen molar-refractivity contribution in [3.05, 3.63) is 64.5 Å². The Morgan fingerprint density at radius 1 is 1.00 bits per heavy atom. The van der Waals surface area contributed by atoms with Gasteiger partial charge in [0.1, 0.15) is 4.90 Å². The van der Waals surface area contributed by atoms with Gasteiger partial charge in [0.05, 0.1) is 17.4 Å². The SMILES string of the molecule is Cc1sc(C)c(S(=O)(=O)Nc2cccc3ccccc23)c1-c1ccno1. The number of nitrogens with one attached hydrogen (secondary N) is 1. The minimum atomic E-state index is -3.80. The average molecular weight is 384 g/mol. The molecule has 132 valence electrons. The van der Waals surface area contributed by atoms with Gasteiger partial charge in [-0.15, -0.1) is 11.3 Å². The topological polar surface area (TPSA) is 72.2 Å². The quantitative estimate of drug-likeness (QED) is 0.539. The number of aromatic nitrogens is 1. The molecule has 0 aliphatic heterocycles. The van der Waals surface area contributed by atoms with E-state index in [0.717, 1.165) is 15.6 Å². The van der Waals surface area contributed by atoms with Gasteiger partial charge in [0.25, 0.3) is 10.0 Å². The van der Waals surface area contributed by atoms with E-state index in [1.807, 2.05) is 43.3 Å². The molecule has 0 spiro atoms. The fourth-order valence-corrected chi connectivity index (χ4v) is 6.07. The summed E-state index contributed by atoms with van der Waals surface area (Å²) in [4.78, 5) is 1.82. The Kier molecular flexibility index (Phi) is 4.05. The molecule has 2 aromatic heterocycles. The maximum Gasteiger partial charge on any atom is 0.263 e. The lowest BCUT2D eigenvalue weighted by molar-refractivity contribution is 0.431. The van der Waals surface area contributed by atoms with E-state index in [1.165, 1.54) is 17.5 Å². The van der Waals surface area contributed by atoms with Gasteiger partial charge < -0.3 is 4.52 Å². The molecular weight excluding hydrogens is 368 g/mol. The number of aryl methyl sites for hydroxylation is 2. The van der Waals surface area contributed by atoms with Crippen LogP contribution in [0.5, 0.6) is 0 Å². The van der Waals surface area contributed by atoms with Crippen LogP contribution in [0.15, 0.2) is 64.1 Å². The molecule has 0 saturated heterocycles. The summed E-state index contributed by atoms with van der Waals surface area (Å²) < 4.78 is 34.4. The molecule has 0 aliphatic carbocycles. The molecule has 0 saturated carbocycles. The molecule has 0 amide bonds. The lowest BCUT2D eigenvalue weighted by Gasteiger charge is -2.12. The molecule has 0 radical (unpaired) electrons. The summed E-state index contributed by atoms with van der Waals surface area (Å²) in [5.74, 6) is 0.449. The number of thiophene rings is 1. The second-order valence-electron chi connectivity index (χ2n) is 5.93. The van der Waals surface area contributed by atoms with Crippen molar-refractivity contribution in [3.63, 3.8) is 0 Å². The Hall–Kier alpha value is -2.64. The van der Waals surface area contributed by atoms with Crippen LogP contribution in [-0.2, 0) is 10.0 Å². The fourth-order valence-electron chi connectivity index (χ4n) is 3.13. The van der Waals surface area contributed by atoms with Crippen molar-refractivity contribution in [2.75, 3.05) is 4.72 Å². The average Bonchev–Trinajstić information content (AvgIpc) is 3.22. The molecule has 0 aliphatic rings. The first-order valence-electron chi connectivity index (χ1n) is 7.99. The number of benzene rings is 2. The Morgan fingerprint density at radius 2 is 1.77 bits per heavy atom. The summed E-state index contributed by atoms with van der Waals surface area (Å²) in [5.41, 5.74) is 1.12. The fraction of sp³-hybridized carbons (Fsp3) is 0.105. The number of hydrogen-bond acceptors (Lipinski definition) is 5. The minimum Gasteiger partial charge on any atom is -0.356 e. The smallest absolute Gasteiger partial charge is 0.263 e. The molecule has 2 heterocycles. The largest absolute Gasteiger partial charge is 0.356 e. The first-order chi connectivity index (χ1) is 12.5. The first-order valence-corrected chi connectivity index (χ1v) is 10.3. The Bertz CT molecular complexity index is 1190. The van der Waals surface area contributed by atoms with E-state index in [1.54, 1.807) is 19.1 Å². The molecule has 0 fully saturated rings. The van der Waals surface area contributed by atoms with Crippen molar-refractivity contribution in [3.8, 4) is 11.3 Å². The molecule has 0 unspecified atom stereocenters. The van der Waals surface area contributed by atoms with Crippen LogP contribution in [0.4, 0.5) is 5.69 Å². The summed E-state index contributed by atoms with van der Waals surface area (Å²) in [6, 6.07) is 14.9. The number of fused-ring (bicyclic) bond motifs is 1. The van der Waals surface area contributed by atoms with Gasteiger partial charge in [-0.05, 0) is 25.3 Å². The monoisotopic (exact) mass is 384 g/mol. The minimum absolute atomic E-state index is 0.240. The third kappa shape index (κ3) is 2.79. The van der Waals surface area contributed by atoms with Gasteiger partial charge >= 0.3 is 0 Å². The molecule has 0 bridgehead atoms. The van der Waals surface area contributed by atoms with Crippen molar-refractivity contribution in [2.45, 2.75) is 18.7 Å². The lowest BCUT2D eigenvalue weighted by Crippen LogP contribution is -2.14. The second-order valence-corrected chi connectivity index (χ2v) is 8.98. The van der Waals surface area contributed by atoms with Crippen molar-refractivity contribution in [1.29, 1.82) is 0 Å². The highest BCUT2D eigenvalue weighted by molar-refractivity contribution is 7.93. The van der Waals surface area contributed by atoms with E-state index in [2.05, 4.69) is 9.88 Å². The van der Waals surface area contributed by atoms with E-state index in [0.29, 0.717) is 21.9 Å². The number of nitrogens with zero attached hydrogens (tertiary/aromatic N) is 1. The maximum atomic E-state index is 13.2. The molecule has 1 N–H and O–H groups in total. The third-order valence-electron chi connectivity index (χ3n) is 4.19. The zero-order valence-corrected chi connectivity index (χ0v) is 15.8. The lowest BCUT2D eigenvalue weighted by atomic mass is 10.1. The molecule has 4 rings (SSSR count). The van der Waals surface area contributed by atoms with Crippen LogP contribution >= 0.6 is 11.3 Å². The number of hydrogen-bond donors (Lipinski definition) is 1. The van der Waals surface area contributed by atoms with Gasteiger partial charge in [-0.25, -0.2) is 8.42 Å². The third-order valence-corrected chi connectivity index (χ3v) is 6.88. The van der Waals surface area contributed by atoms with Crippen LogP contribution in [0.2, 0.25) is 0 Å². The van der Waals surface area contributed by atoms with Crippen LogP contribution in [0.3, 0.4) is 0 Å². The van der Waals surface area contributed by atoms with Gasteiger partial charge in [-0.2, -0.15) is 0 Å². The summed E-state index contributed by atoms with van der Waals surface area (Å²) in [7, 11) is -3.80. The number of rotatable bonds is 4. The van der Waals surface area contributed by atoms with Crippen LogP contribution < -0.4 is 4.72 Å². The highest BCUT2D eigenvalue weighted by Gasteiger charge is 2.28. The predicted octanol–water partition coefficient (Wildman–Crippen LogP) is 4.97. The van der Waals surface area contributed by atoms with Gasteiger partial charge in [0.2, 0.25) is 0 Å². The standard InChI is InChI=1S/C19H16N2O3S2/c1-12-18(17-10-11-20-24-17)19(13(2)25-12)26(22,23)21-16-9-5-7-14-6-3-4-8-15(14)16/h3-11,21H,1-2H3. The zero-order chi connectivity index (χ0) is 18.3. The van der Waals surface area contributed by atoms with Gasteiger partial charge in [-0.1, -0.05) is 41.6 Å². The van der Waals surface area contributed by atoms with Crippen LogP contribution in [0.25, 0.3) is 22.1 Å². The van der Waals surface area contributed by atoms with E-state index in [9.17, 15) is 8.42 Å². The van der Waals surface area contributed by atoms with E-state index in [4.69, 9.17) is 4.52 Å². The van der Waals surface area contributed by atoms with Crippen molar-refractivity contribution < 1.29 is 12.9 Å². The Labute approximate surface area is 155 Å². The van der Waals surface area contributed by atoms with Gasteiger partial charge in [0.15, 0.2) is 5.76 Å². The maximum absolute atomic E-state index is 13.2. The van der Waals surface area contributed by atoms with Gasteiger partial charge in [-0.3, -0.25) is 4.72 Å². The van der Waals surface area contributed by atoms with Crippen LogP contribution in [-0.4, -0.2) is 13.6 Å². The molecule has 26 heavy (non-hydrogen) atoms. The van der Waals surface area contributed by atoms with Gasteiger partial charge in [0, 0.05) is 21.2 Å². The Balaban J connectivity index is 1.86. The van der Waals surface area contributed by atoms with E-state index < -0.39 is 10.0 Å². The van der Waals surface area contributed by atoms with Crippen LogP contribution in [0.1, 0.15) is 9.75 Å². The van der Waals surface area contributed by atoms with Crippen LogP contribution in [0, 0.1) is 13.8 Å². The number of anilines is 1. The molecule has 0 atom stereocenters. The predicted molar refractivity (Wildman–Crippen MR) is 104 cm³/mol. The highest BCUT2D eigenvalue weighted by Crippen LogP contribution is 2.40. The molecular formula is C19H16N2O3S2. The van der Waals surface area contributed by atoms with E-state index in [-0.39, 0.29) is 4.90 Å². The normalized spacial score (nSPS) is 11.8. The summed E-state index contributed by atoms with van der Waals surface area (Å²) >= 11 is 1.43. The summed E-state index contributed by atoms with van der Waals surface area (Å²) in [6.45, 7) is 3.68. The number of sulfonamides is 1. The zero-order valence-electron chi connectivity index (χ0n) is 14.2. The van der Waals surface area contributed by atoms with Crippen molar-refractivity contribution in [1.82, 2.24) is 5.16 Å². The van der Waals surface area contributed by atoms with E-state index >= 15 is 0 Å². The molecule has 7 heteroatoms. The summed E-state index contributed by atoms with van der Waals surface area (Å²) in [5, 5.41) is 5.54. The van der Waals surface area contributed by atoms with Crippen molar-refractivity contribution >= 4 is 37.8 Å². The molecule has 5 nitrogen and oxygen atoms in total. The first kappa shape index (κ1) is 16.8. The second kappa shape index (κ2) is 6.26. The van der Waals surface area contributed by atoms with Crippen molar-refractivity contribution in [2.24, 2.45) is 0 Å². The highest BCUT2D eigenvalue weighted by atomic mass is 32.2. The Morgan fingerprint density at radius 3 is 2.54 bits per heavy atom.